The maximum absolute atomic E-state index is 13.1. The van der Waals surface area contributed by atoms with Gasteiger partial charge < -0.3 is 19.4 Å². The number of ketones is 1. The molecule has 9 nitrogen and oxygen atoms in total. The monoisotopic (exact) mass is 617 g/mol. The molecule has 2 aliphatic rings. The molecule has 0 atom stereocenters. The van der Waals surface area contributed by atoms with Crippen LogP contribution in [0.1, 0.15) is 15.9 Å². The Morgan fingerprint density at radius 1 is 0.975 bits per heavy atom. The van der Waals surface area contributed by atoms with Crippen LogP contribution in [0, 0.1) is 0 Å². The maximum Gasteiger partial charge on any atom is 0.293 e. The molecule has 0 unspecified atom stereocenters. The predicted molar refractivity (Wildman–Crippen MR) is 154 cm³/mol. The van der Waals surface area contributed by atoms with Gasteiger partial charge >= 0.3 is 0 Å². The van der Waals surface area contributed by atoms with E-state index in [2.05, 4.69) is 21.2 Å². The molecule has 1 N–H and O–H groups in total. The van der Waals surface area contributed by atoms with E-state index in [4.69, 9.17) is 9.47 Å². The molecule has 40 heavy (non-hydrogen) atoms. The number of thioether (sulfide) groups is 1. The van der Waals surface area contributed by atoms with Gasteiger partial charge in [0.05, 0.1) is 11.4 Å². The Hall–Kier alpha value is -4.35. The third-order valence-electron chi connectivity index (χ3n) is 6.42. The fraction of sp³-hybridized carbons (Fsp3) is 0.103. The molecule has 3 heterocycles. The number of fused-ring (bicyclic) bond motifs is 2. The number of Topliss-reactive ketones (excluding diaryl/α,β-unsaturated/α-hetero) is 1. The fourth-order valence-corrected chi connectivity index (χ4v) is 5.59. The van der Waals surface area contributed by atoms with Gasteiger partial charge in [-0.1, -0.05) is 46.3 Å². The summed E-state index contributed by atoms with van der Waals surface area (Å²) in [5.41, 5.74) is 2.46. The Morgan fingerprint density at radius 3 is 2.58 bits per heavy atom. The summed E-state index contributed by atoms with van der Waals surface area (Å²) >= 11 is 4.11. The Morgan fingerprint density at radius 2 is 1.75 bits per heavy atom. The van der Waals surface area contributed by atoms with E-state index in [1.807, 2.05) is 24.3 Å². The minimum atomic E-state index is -0.530. The summed E-state index contributed by atoms with van der Waals surface area (Å²) in [5, 5.41) is 3.18. The van der Waals surface area contributed by atoms with Gasteiger partial charge in [0.1, 0.15) is 6.54 Å². The van der Waals surface area contributed by atoms with E-state index in [0.29, 0.717) is 28.3 Å². The molecule has 6 rings (SSSR count). The number of hydrogen-bond donors (Lipinski definition) is 1. The molecule has 0 bridgehead atoms. The number of hydrogen-bond acceptors (Lipinski definition) is 7. The van der Waals surface area contributed by atoms with Crippen LogP contribution in [0.25, 0.3) is 17.0 Å². The Balaban J connectivity index is 1.21. The number of carbonyl (C=O) groups is 4. The molecule has 3 aromatic carbocycles. The number of rotatable bonds is 7. The average molecular weight is 618 g/mol. The molecule has 0 spiro atoms. The highest BCUT2D eigenvalue weighted by atomic mass is 79.9. The average Bonchev–Trinajstić information content (AvgIpc) is 3.62. The van der Waals surface area contributed by atoms with Crippen molar-refractivity contribution in [1.82, 2.24) is 9.47 Å². The number of nitrogens with one attached hydrogen (secondary N) is 1. The number of amides is 3. The number of benzene rings is 3. The topological polar surface area (TPSA) is 107 Å². The van der Waals surface area contributed by atoms with Crippen LogP contribution >= 0.6 is 27.7 Å². The van der Waals surface area contributed by atoms with Crippen molar-refractivity contribution in [2.45, 2.75) is 6.54 Å². The van der Waals surface area contributed by atoms with Crippen LogP contribution in [0.3, 0.4) is 0 Å². The van der Waals surface area contributed by atoms with Crippen LogP contribution in [0.5, 0.6) is 11.5 Å². The smallest absolute Gasteiger partial charge is 0.293 e. The van der Waals surface area contributed by atoms with Gasteiger partial charge in [-0.3, -0.25) is 24.1 Å². The molecule has 0 saturated carbocycles. The lowest BCUT2D eigenvalue weighted by Crippen LogP contribution is -2.33. The third kappa shape index (κ3) is 5.13. The first-order chi connectivity index (χ1) is 19.4. The normalized spacial score (nSPS) is 15.3. The number of aromatic nitrogens is 1. The lowest BCUT2D eigenvalue weighted by Gasteiger charge is -2.11. The fourth-order valence-electron chi connectivity index (χ4n) is 4.50. The molecule has 11 heteroatoms. The van der Waals surface area contributed by atoms with E-state index in [0.717, 1.165) is 32.0 Å². The number of anilines is 1. The van der Waals surface area contributed by atoms with Gasteiger partial charge in [0.2, 0.25) is 12.7 Å². The SMILES string of the molecule is O=C(Cn1cc(/C=C2\SC(=O)N(CC(=O)c3ccc(Br)cc3)C2=O)c2ccccc21)Nc1ccc2c(c1)OCO2. The number of ether oxygens (including phenoxy) is 2. The van der Waals surface area contributed by atoms with Gasteiger partial charge in [-0.2, -0.15) is 0 Å². The zero-order valence-corrected chi connectivity index (χ0v) is 23.2. The number of nitrogens with zero attached hydrogens (tertiary/aromatic N) is 2. The van der Waals surface area contributed by atoms with Crippen LogP contribution in [-0.4, -0.2) is 45.6 Å². The van der Waals surface area contributed by atoms with E-state index in [-0.39, 0.29) is 36.5 Å². The Bertz CT molecular complexity index is 1730. The third-order valence-corrected chi connectivity index (χ3v) is 7.85. The molecule has 1 fully saturated rings. The van der Waals surface area contributed by atoms with Crippen molar-refractivity contribution < 1.29 is 28.7 Å². The van der Waals surface area contributed by atoms with E-state index < -0.39 is 11.1 Å². The second kappa shape index (κ2) is 10.7. The van der Waals surface area contributed by atoms with Gasteiger partial charge in [0, 0.05) is 44.5 Å². The van der Waals surface area contributed by atoms with Crippen molar-refractivity contribution in [1.29, 1.82) is 0 Å². The summed E-state index contributed by atoms with van der Waals surface area (Å²) < 4.78 is 13.3. The Kier molecular flexibility index (Phi) is 6.91. The standard InChI is InChI=1S/C29H20BrN3O6S/c30-19-7-5-17(6-8-19)23(34)14-33-28(36)26(40-29(33)37)11-18-13-32(22-4-2-1-3-21(18)22)15-27(35)31-20-9-10-24-25(12-20)39-16-38-24/h1-13H,14-16H2,(H,31,35)/b26-11-. The minimum Gasteiger partial charge on any atom is -0.454 e. The van der Waals surface area contributed by atoms with Crippen molar-refractivity contribution in [2.24, 2.45) is 0 Å². The summed E-state index contributed by atoms with van der Waals surface area (Å²) in [6.07, 6.45) is 3.40. The number of carbonyl (C=O) groups excluding carboxylic acids is 4. The summed E-state index contributed by atoms with van der Waals surface area (Å²) in [6.45, 7) is -0.177. The molecule has 1 aromatic heterocycles. The molecule has 200 valence electrons. The zero-order valence-electron chi connectivity index (χ0n) is 20.8. The molecule has 2 aliphatic heterocycles. The maximum atomic E-state index is 13.1. The zero-order chi connectivity index (χ0) is 27.8. The van der Waals surface area contributed by atoms with Crippen molar-refractivity contribution >= 4 is 73.2 Å². The van der Waals surface area contributed by atoms with Crippen LogP contribution in [0.15, 0.2) is 82.3 Å². The second-order valence-corrected chi connectivity index (χ2v) is 11.0. The van der Waals surface area contributed by atoms with E-state index in [1.165, 1.54) is 0 Å². The van der Waals surface area contributed by atoms with E-state index >= 15 is 0 Å². The molecular weight excluding hydrogens is 598 g/mol. The molecule has 0 radical (unpaired) electrons. The number of imide groups is 1. The number of halogens is 1. The van der Waals surface area contributed by atoms with Crippen LogP contribution < -0.4 is 14.8 Å². The molecule has 4 aromatic rings. The van der Waals surface area contributed by atoms with E-state index in [1.54, 1.807) is 59.3 Å². The highest BCUT2D eigenvalue weighted by Gasteiger charge is 2.36. The number of para-hydroxylation sites is 1. The minimum absolute atomic E-state index is 0.0198. The van der Waals surface area contributed by atoms with Gasteiger partial charge in [-0.15, -0.1) is 0 Å². The predicted octanol–water partition coefficient (Wildman–Crippen LogP) is 5.69. The van der Waals surface area contributed by atoms with E-state index in [9.17, 15) is 19.2 Å². The summed E-state index contributed by atoms with van der Waals surface area (Å²) in [5.74, 6) is 0.0806. The van der Waals surface area contributed by atoms with Gasteiger partial charge in [-0.05, 0) is 48.2 Å². The molecular formula is C29H20BrN3O6S. The molecule has 3 amide bonds. The van der Waals surface area contributed by atoms with Crippen LogP contribution in [0.2, 0.25) is 0 Å². The van der Waals surface area contributed by atoms with Crippen molar-refractivity contribution in [3.05, 3.63) is 93.4 Å². The van der Waals surface area contributed by atoms with Gasteiger partial charge in [0.25, 0.3) is 11.1 Å². The lowest BCUT2D eigenvalue weighted by molar-refractivity contribution is -0.122. The quantitative estimate of drug-likeness (QED) is 0.210. The second-order valence-electron chi connectivity index (χ2n) is 9.04. The molecule has 1 saturated heterocycles. The lowest BCUT2D eigenvalue weighted by atomic mass is 10.1. The largest absolute Gasteiger partial charge is 0.454 e. The summed E-state index contributed by atoms with van der Waals surface area (Å²) in [6, 6.07) is 19.4. The van der Waals surface area contributed by atoms with Gasteiger partial charge in [0.15, 0.2) is 17.3 Å². The van der Waals surface area contributed by atoms with Crippen LogP contribution in [-0.2, 0) is 16.1 Å². The van der Waals surface area contributed by atoms with Crippen LogP contribution in [0.4, 0.5) is 10.5 Å². The Labute approximate surface area is 240 Å². The highest BCUT2D eigenvalue weighted by Crippen LogP contribution is 2.35. The summed E-state index contributed by atoms with van der Waals surface area (Å²) in [7, 11) is 0. The van der Waals surface area contributed by atoms with Crippen molar-refractivity contribution in [2.75, 3.05) is 18.7 Å². The first-order valence-corrected chi connectivity index (χ1v) is 13.8. The summed E-state index contributed by atoms with van der Waals surface area (Å²) in [4.78, 5) is 52.5. The first-order valence-electron chi connectivity index (χ1n) is 12.2. The van der Waals surface area contributed by atoms with Crippen molar-refractivity contribution in [3.8, 4) is 11.5 Å². The first kappa shape index (κ1) is 25.9. The highest BCUT2D eigenvalue weighted by molar-refractivity contribution is 9.10. The molecule has 0 aliphatic carbocycles. The van der Waals surface area contributed by atoms with Crippen molar-refractivity contribution in [3.63, 3.8) is 0 Å². The van der Waals surface area contributed by atoms with Gasteiger partial charge in [-0.25, -0.2) is 0 Å².